The van der Waals surface area contributed by atoms with E-state index in [1.807, 2.05) is 12.1 Å². The Hall–Kier alpha value is -1.03. The zero-order valence-electron chi connectivity index (χ0n) is 6.96. The van der Waals surface area contributed by atoms with Gasteiger partial charge in [-0.3, -0.25) is 4.79 Å². The fourth-order valence-corrected chi connectivity index (χ4v) is 1.53. The van der Waals surface area contributed by atoms with Crippen molar-refractivity contribution in [3.05, 3.63) is 22.7 Å². The lowest BCUT2D eigenvalue weighted by molar-refractivity contribution is -0.122. The van der Waals surface area contributed by atoms with E-state index in [1.54, 1.807) is 11.0 Å². The Labute approximate surface area is 84.6 Å². The fraction of sp³-hybridized carbons (Fsp3) is 0.222. The minimum atomic E-state index is 0.168. The number of anilines is 2. The Morgan fingerprint density at radius 3 is 2.69 bits per heavy atom. The summed E-state index contributed by atoms with van der Waals surface area (Å²) in [5.41, 5.74) is 7.25. The maximum Gasteiger partial charge on any atom is 0.228 e. The maximum absolute atomic E-state index is 11.1. The summed E-state index contributed by atoms with van der Waals surface area (Å²) in [6, 6.07) is 5.55. The minimum Gasteiger partial charge on any atom is -0.398 e. The normalized spacial score (nSPS) is 15.8. The number of carbonyl (C=O) groups is 1. The third-order valence-electron chi connectivity index (χ3n) is 2.14. The fourth-order valence-electron chi connectivity index (χ4n) is 1.29. The van der Waals surface area contributed by atoms with Gasteiger partial charge in [-0.1, -0.05) is 0 Å². The third kappa shape index (κ3) is 1.42. The number of nitrogens with two attached hydrogens (primary N) is 1. The molecule has 0 unspecified atom stereocenters. The molecule has 2 rings (SSSR count). The molecule has 1 aliphatic rings. The van der Waals surface area contributed by atoms with E-state index in [0.717, 1.165) is 16.7 Å². The quantitative estimate of drug-likeness (QED) is 0.601. The van der Waals surface area contributed by atoms with Crippen LogP contribution in [0.1, 0.15) is 6.42 Å². The van der Waals surface area contributed by atoms with Gasteiger partial charge in [0.1, 0.15) is 0 Å². The van der Waals surface area contributed by atoms with E-state index < -0.39 is 0 Å². The molecule has 0 spiro atoms. The maximum atomic E-state index is 11.1. The smallest absolute Gasteiger partial charge is 0.228 e. The molecule has 1 aromatic rings. The number of nitrogen functional groups attached to an aromatic ring is 1. The van der Waals surface area contributed by atoms with Crippen molar-refractivity contribution in [3.63, 3.8) is 0 Å². The van der Waals surface area contributed by atoms with Crippen molar-refractivity contribution in [2.45, 2.75) is 6.42 Å². The molecule has 3 nitrogen and oxygen atoms in total. The van der Waals surface area contributed by atoms with Crippen LogP contribution in [0.2, 0.25) is 0 Å². The Balaban J connectivity index is 2.31. The Morgan fingerprint density at radius 1 is 1.46 bits per heavy atom. The molecular formula is C9H9BrN2O. The van der Waals surface area contributed by atoms with Crippen molar-refractivity contribution in [1.29, 1.82) is 0 Å². The van der Waals surface area contributed by atoms with Crippen LogP contribution >= 0.6 is 15.9 Å². The topological polar surface area (TPSA) is 46.3 Å². The molecule has 4 heteroatoms. The monoisotopic (exact) mass is 240 g/mol. The van der Waals surface area contributed by atoms with Gasteiger partial charge in [0.25, 0.3) is 0 Å². The summed E-state index contributed by atoms with van der Waals surface area (Å²) < 4.78 is 0.865. The molecule has 13 heavy (non-hydrogen) atoms. The van der Waals surface area contributed by atoms with Gasteiger partial charge in [-0.05, 0) is 34.1 Å². The zero-order chi connectivity index (χ0) is 9.42. The molecule has 68 valence electrons. The van der Waals surface area contributed by atoms with Gasteiger partial charge in [0.15, 0.2) is 0 Å². The zero-order valence-corrected chi connectivity index (χ0v) is 8.54. The summed E-state index contributed by atoms with van der Waals surface area (Å²) in [4.78, 5) is 12.8. The number of carbonyl (C=O) groups excluding carboxylic acids is 1. The van der Waals surface area contributed by atoms with Crippen molar-refractivity contribution in [1.82, 2.24) is 0 Å². The van der Waals surface area contributed by atoms with Crippen LogP contribution in [0.4, 0.5) is 11.4 Å². The van der Waals surface area contributed by atoms with E-state index in [9.17, 15) is 4.79 Å². The van der Waals surface area contributed by atoms with Crippen molar-refractivity contribution in [3.8, 4) is 0 Å². The van der Waals surface area contributed by atoms with Gasteiger partial charge in [0, 0.05) is 28.8 Å². The Kier molecular flexibility index (Phi) is 2.00. The number of hydrogen-bond donors (Lipinski definition) is 1. The van der Waals surface area contributed by atoms with Crippen LogP contribution in [0, 0.1) is 0 Å². The van der Waals surface area contributed by atoms with Crippen LogP contribution in [0.15, 0.2) is 22.7 Å². The molecule has 0 atom stereocenters. The first-order valence-corrected chi connectivity index (χ1v) is 4.83. The molecule has 1 fully saturated rings. The lowest BCUT2D eigenvalue weighted by Crippen LogP contribution is -2.43. The standard InChI is InChI=1S/C9H9BrN2O/c10-7-2-1-6(5-8(7)11)12-4-3-9(12)13/h1-2,5H,3-4,11H2. The highest BCUT2D eigenvalue weighted by Gasteiger charge is 2.25. The van der Waals surface area contributed by atoms with Gasteiger partial charge in [-0.2, -0.15) is 0 Å². The molecule has 1 aromatic carbocycles. The number of nitrogens with zero attached hydrogens (tertiary/aromatic N) is 1. The first kappa shape index (κ1) is 8.56. The number of benzene rings is 1. The van der Waals surface area contributed by atoms with Crippen molar-refractivity contribution < 1.29 is 4.79 Å². The molecule has 1 heterocycles. The summed E-state index contributed by atoms with van der Waals surface area (Å²) in [7, 11) is 0. The number of β-lactam (4-membered cyclic amide) rings is 1. The molecule has 0 aliphatic carbocycles. The van der Waals surface area contributed by atoms with Gasteiger partial charge in [-0.25, -0.2) is 0 Å². The van der Waals surface area contributed by atoms with E-state index in [0.29, 0.717) is 12.1 Å². The van der Waals surface area contributed by atoms with Crippen LogP contribution in [0.25, 0.3) is 0 Å². The van der Waals surface area contributed by atoms with Crippen LogP contribution < -0.4 is 10.6 Å². The van der Waals surface area contributed by atoms with E-state index in [2.05, 4.69) is 15.9 Å². The number of rotatable bonds is 1. The molecule has 0 saturated carbocycles. The van der Waals surface area contributed by atoms with Crippen molar-refractivity contribution in [2.75, 3.05) is 17.2 Å². The summed E-state index contributed by atoms with van der Waals surface area (Å²) in [5, 5.41) is 0. The molecule has 0 aromatic heterocycles. The van der Waals surface area contributed by atoms with Gasteiger partial charge >= 0.3 is 0 Å². The Bertz CT molecular complexity index is 365. The largest absolute Gasteiger partial charge is 0.398 e. The highest BCUT2D eigenvalue weighted by molar-refractivity contribution is 9.10. The molecule has 0 radical (unpaired) electrons. The summed E-state index contributed by atoms with van der Waals surface area (Å²) >= 11 is 3.31. The first-order valence-electron chi connectivity index (χ1n) is 4.04. The van der Waals surface area contributed by atoms with E-state index in [4.69, 9.17) is 5.73 Å². The van der Waals surface area contributed by atoms with E-state index in [1.165, 1.54) is 0 Å². The van der Waals surface area contributed by atoms with Gasteiger partial charge in [0.05, 0.1) is 0 Å². The third-order valence-corrected chi connectivity index (χ3v) is 2.86. The average Bonchev–Trinajstić information content (AvgIpc) is 2.09. The molecule has 2 N–H and O–H groups in total. The van der Waals surface area contributed by atoms with E-state index in [-0.39, 0.29) is 5.91 Å². The van der Waals surface area contributed by atoms with Gasteiger partial charge < -0.3 is 10.6 Å². The van der Waals surface area contributed by atoms with E-state index >= 15 is 0 Å². The summed E-state index contributed by atoms with van der Waals surface area (Å²) in [5.74, 6) is 0.168. The second kappa shape index (κ2) is 3.03. The van der Waals surface area contributed by atoms with Gasteiger partial charge in [-0.15, -0.1) is 0 Å². The number of amides is 1. The second-order valence-electron chi connectivity index (χ2n) is 3.00. The number of hydrogen-bond acceptors (Lipinski definition) is 2. The summed E-state index contributed by atoms with van der Waals surface area (Å²) in [6.45, 7) is 0.805. The lowest BCUT2D eigenvalue weighted by atomic mass is 10.1. The SMILES string of the molecule is Nc1cc(N2CCC2=O)ccc1Br. The predicted molar refractivity (Wildman–Crippen MR) is 55.5 cm³/mol. The van der Waals surface area contributed by atoms with Gasteiger partial charge in [0.2, 0.25) is 5.91 Å². The molecule has 1 saturated heterocycles. The van der Waals surface area contributed by atoms with Crippen LogP contribution in [-0.4, -0.2) is 12.5 Å². The first-order chi connectivity index (χ1) is 6.18. The van der Waals surface area contributed by atoms with Crippen LogP contribution in [-0.2, 0) is 4.79 Å². The average molecular weight is 241 g/mol. The molecular weight excluding hydrogens is 232 g/mol. The predicted octanol–water partition coefficient (Wildman–Crippen LogP) is 1.77. The highest BCUT2D eigenvalue weighted by Crippen LogP contribution is 2.28. The molecule has 1 aliphatic heterocycles. The molecule has 1 amide bonds. The lowest BCUT2D eigenvalue weighted by Gasteiger charge is -2.30. The van der Waals surface area contributed by atoms with Crippen LogP contribution in [0.5, 0.6) is 0 Å². The van der Waals surface area contributed by atoms with Crippen molar-refractivity contribution >= 4 is 33.2 Å². The Morgan fingerprint density at radius 2 is 2.23 bits per heavy atom. The second-order valence-corrected chi connectivity index (χ2v) is 3.86. The summed E-state index contributed by atoms with van der Waals surface area (Å²) in [6.07, 6.45) is 0.649. The number of halogens is 1. The van der Waals surface area contributed by atoms with Crippen LogP contribution in [0.3, 0.4) is 0 Å². The minimum absolute atomic E-state index is 0.168. The molecule has 0 bridgehead atoms. The van der Waals surface area contributed by atoms with Crippen molar-refractivity contribution in [2.24, 2.45) is 0 Å². The highest BCUT2D eigenvalue weighted by atomic mass is 79.9.